The average molecular weight is 784 g/mol. The van der Waals surface area contributed by atoms with Crippen molar-refractivity contribution in [2.75, 3.05) is 24.9 Å². The summed E-state index contributed by atoms with van der Waals surface area (Å²) in [6, 6.07) is 3.33. The predicted octanol–water partition coefficient (Wildman–Crippen LogP) is -2.31. The number of benzene rings is 1. The van der Waals surface area contributed by atoms with Gasteiger partial charge in [-0.05, 0) is 37.1 Å². The zero-order chi connectivity index (χ0) is 38.6. The standard InChI is InChI=1S/C28H35N9O14P2/c1-11-3-13-14(4-12(11)2)36(25-19(33-13)26(43)35-28(44)34-25)5-15(38)20(40)16(39)6-49-52(45,46)10-53(47,48)50-7-17-21(41)22(42)27(51-17)37-9-32-18-23(29)30-8-31-24(18)37/h3-4,8-9,15-17,20-22,27,38-42H,5-7,10H2,1-2H3,(H,45,46)(H,47,48)(H2,29,30,31)(H,35,43,44)/t15-,16+,17+,20-,21+,22+,27+/m0/s1. The highest BCUT2D eigenvalue weighted by Gasteiger charge is 2.46. The lowest BCUT2D eigenvalue weighted by Gasteiger charge is -2.26. The number of imidazole rings is 1. The first-order valence-electron chi connectivity index (χ1n) is 15.7. The molecule has 3 aliphatic heterocycles. The van der Waals surface area contributed by atoms with E-state index in [0.29, 0.717) is 11.0 Å². The number of aliphatic hydroxyl groups is 5. The van der Waals surface area contributed by atoms with E-state index in [1.165, 1.54) is 15.5 Å². The van der Waals surface area contributed by atoms with E-state index in [9.17, 15) is 54.0 Å². The quantitative estimate of drug-likeness (QED) is 0.0447. The molecule has 0 spiro atoms. The third kappa shape index (κ3) is 7.92. The molecule has 5 heterocycles. The second-order valence-electron chi connectivity index (χ2n) is 12.5. The van der Waals surface area contributed by atoms with Gasteiger partial charge in [0, 0.05) is 0 Å². The summed E-state index contributed by atoms with van der Waals surface area (Å²) in [6.07, 6.45) is -9.50. The SMILES string of the molecule is Cc1cc2nc3c(=O)[nH]c(=O)nc-3n(C[C@H](O)[C@H](O)[C@H](O)COP(=O)(O)CP(=O)(O)OC[C@H]3O[C@@H](n4cnc5c(N)ncnc54)[C@H](O)[C@@H]3O)c2cc1C. The molecule has 2 unspecified atom stereocenters. The Morgan fingerprint density at radius 1 is 0.981 bits per heavy atom. The molecule has 0 saturated carbocycles. The maximum Gasteiger partial charge on any atom is 0.349 e. The zero-order valence-electron chi connectivity index (χ0n) is 27.8. The van der Waals surface area contributed by atoms with Crippen LogP contribution in [0.3, 0.4) is 0 Å². The Morgan fingerprint density at radius 2 is 1.68 bits per heavy atom. The van der Waals surface area contributed by atoms with Crippen molar-refractivity contribution < 1.29 is 58.2 Å². The Morgan fingerprint density at radius 3 is 2.42 bits per heavy atom. The van der Waals surface area contributed by atoms with E-state index in [4.69, 9.17) is 19.5 Å². The van der Waals surface area contributed by atoms with Crippen LogP contribution < -0.4 is 17.0 Å². The topological polar surface area (TPSA) is 354 Å². The number of nitrogens with one attached hydrogen (secondary N) is 1. The normalized spacial score (nSPS) is 23.3. The summed E-state index contributed by atoms with van der Waals surface area (Å²) in [6.45, 7) is 1.10. The van der Waals surface area contributed by atoms with Crippen molar-refractivity contribution in [3.05, 3.63) is 56.8 Å². The number of rotatable bonds is 13. The highest BCUT2D eigenvalue weighted by Crippen LogP contribution is 2.58. The number of ether oxygens (including phenoxy) is 1. The van der Waals surface area contributed by atoms with Crippen LogP contribution in [0, 0.1) is 13.8 Å². The van der Waals surface area contributed by atoms with Crippen molar-refractivity contribution in [2.24, 2.45) is 0 Å². The second-order valence-corrected chi connectivity index (χ2v) is 16.7. The molecule has 9 atom stereocenters. The average Bonchev–Trinajstić information content (AvgIpc) is 3.63. The van der Waals surface area contributed by atoms with Crippen LogP contribution in [0.15, 0.2) is 34.4 Å². The van der Waals surface area contributed by atoms with Gasteiger partial charge in [-0.1, -0.05) is 0 Å². The molecule has 1 fully saturated rings. The van der Waals surface area contributed by atoms with Gasteiger partial charge >= 0.3 is 20.9 Å². The molecule has 1 saturated heterocycles. The second kappa shape index (κ2) is 14.6. The van der Waals surface area contributed by atoms with Crippen molar-refractivity contribution in [1.29, 1.82) is 0 Å². The molecule has 1 aromatic carbocycles. The third-order valence-corrected chi connectivity index (χ3v) is 12.6. The minimum Gasteiger partial charge on any atom is -0.388 e. The molecule has 0 bridgehead atoms. The fourth-order valence-corrected chi connectivity index (χ4v) is 8.95. The van der Waals surface area contributed by atoms with Crippen molar-refractivity contribution in [3.8, 4) is 11.5 Å². The highest BCUT2D eigenvalue weighted by atomic mass is 31.2. The van der Waals surface area contributed by atoms with E-state index in [2.05, 4.69) is 24.9 Å². The molecule has 53 heavy (non-hydrogen) atoms. The molecule has 3 aliphatic rings. The lowest BCUT2D eigenvalue weighted by Crippen LogP contribution is -2.42. The molecular formula is C28H35N9O14P2. The van der Waals surface area contributed by atoms with Crippen LogP contribution in [0.2, 0.25) is 0 Å². The van der Waals surface area contributed by atoms with Gasteiger partial charge in [-0.15, -0.1) is 0 Å². The summed E-state index contributed by atoms with van der Waals surface area (Å²) in [5, 5.41) is 53.2. The van der Waals surface area contributed by atoms with E-state index in [0.717, 1.165) is 17.5 Å². The number of aryl methyl sites for hydroxylation is 2. The number of hydrogen-bond donors (Lipinski definition) is 9. The monoisotopic (exact) mass is 783 g/mol. The molecule has 6 rings (SSSR count). The molecule has 10 N–H and O–H groups in total. The van der Waals surface area contributed by atoms with E-state index in [1.807, 2.05) is 4.98 Å². The number of nitrogens with zero attached hydrogens (tertiary/aromatic N) is 7. The smallest absolute Gasteiger partial charge is 0.349 e. The maximum absolute atomic E-state index is 12.8. The fourth-order valence-electron chi connectivity index (χ4n) is 5.73. The first-order valence-corrected chi connectivity index (χ1v) is 19.2. The molecule has 3 aromatic rings. The molecule has 23 nitrogen and oxygen atoms in total. The number of fused-ring (bicyclic) bond motifs is 3. The van der Waals surface area contributed by atoms with Gasteiger partial charge in [0.1, 0.15) is 48.5 Å². The summed E-state index contributed by atoms with van der Waals surface area (Å²) >= 11 is 0. The van der Waals surface area contributed by atoms with Crippen LogP contribution in [-0.2, 0) is 29.5 Å². The Labute approximate surface area is 296 Å². The van der Waals surface area contributed by atoms with Gasteiger partial charge in [0.15, 0.2) is 35.1 Å². The van der Waals surface area contributed by atoms with Crippen LogP contribution in [0.4, 0.5) is 5.82 Å². The van der Waals surface area contributed by atoms with E-state index in [-0.39, 0.29) is 28.5 Å². The number of aliphatic hydroxyl groups excluding tert-OH is 5. The van der Waals surface area contributed by atoms with Crippen LogP contribution >= 0.6 is 15.2 Å². The highest BCUT2D eigenvalue weighted by molar-refractivity contribution is 7.70. The van der Waals surface area contributed by atoms with Gasteiger partial charge in [-0.25, -0.2) is 24.7 Å². The van der Waals surface area contributed by atoms with E-state index < -0.39 is 95.0 Å². The zero-order valence-corrected chi connectivity index (χ0v) is 29.6. The number of nitrogens with two attached hydrogens (primary N) is 1. The number of nitrogen functional groups attached to an aromatic ring is 1. The fraction of sp³-hybridized carbons (Fsp3) is 0.464. The predicted molar refractivity (Wildman–Crippen MR) is 181 cm³/mol. The Kier molecular flexibility index (Phi) is 10.7. The van der Waals surface area contributed by atoms with E-state index in [1.54, 1.807) is 26.0 Å². The number of aromatic amines is 1. The van der Waals surface area contributed by atoms with Gasteiger partial charge in [-0.2, -0.15) is 4.98 Å². The minimum atomic E-state index is -5.04. The maximum atomic E-state index is 12.8. The minimum absolute atomic E-state index is 0.0459. The Balaban J connectivity index is 1.07. The van der Waals surface area contributed by atoms with Crippen molar-refractivity contribution in [1.82, 2.24) is 39.0 Å². The van der Waals surface area contributed by atoms with Gasteiger partial charge in [0.05, 0.1) is 37.1 Å². The molecule has 0 amide bonds. The largest absolute Gasteiger partial charge is 0.388 e. The van der Waals surface area contributed by atoms with Gasteiger partial charge in [0.25, 0.3) is 5.56 Å². The van der Waals surface area contributed by atoms with Gasteiger partial charge in [-0.3, -0.25) is 23.5 Å². The summed E-state index contributed by atoms with van der Waals surface area (Å²) in [7, 11) is -10.0. The Hall–Kier alpha value is -4.09. The number of anilines is 1. The number of hydrogen-bond acceptors (Lipinski definition) is 18. The summed E-state index contributed by atoms with van der Waals surface area (Å²) in [5.74, 6) is -1.67. The molecule has 286 valence electrons. The molecule has 0 radical (unpaired) electrons. The first-order chi connectivity index (χ1) is 24.9. The van der Waals surface area contributed by atoms with Crippen LogP contribution in [-0.4, -0.2) is 130 Å². The molecule has 0 aliphatic carbocycles. The van der Waals surface area contributed by atoms with Crippen LogP contribution in [0.25, 0.3) is 33.7 Å². The molecule has 2 aromatic heterocycles. The number of aromatic nitrogens is 8. The third-order valence-electron chi connectivity index (χ3n) is 8.63. The summed E-state index contributed by atoms with van der Waals surface area (Å²) in [5.41, 5.74) is 6.27. The molecular weight excluding hydrogens is 748 g/mol. The van der Waals surface area contributed by atoms with Crippen molar-refractivity contribution in [2.45, 2.75) is 63.2 Å². The summed E-state index contributed by atoms with van der Waals surface area (Å²) < 4.78 is 43.3. The van der Waals surface area contributed by atoms with Crippen molar-refractivity contribution in [3.63, 3.8) is 0 Å². The molecule has 25 heteroatoms. The Bertz CT molecular complexity index is 2350. The van der Waals surface area contributed by atoms with E-state index >= 15 is 0 Å². The van der Waals surface area contributed by atoms with Gasteiger partial charge in [0.2, 0.25) is 0 Å². The first kappa shape index (κ1) is 38.6. The van der Waals surface area contributed by atoms with Crippen molar-refractivity contribution >= 4 is 43.2 Å². The lowest BCUT2D eigenvalue weighted by atomic mass is 10.1. The van der Waals surface area contributed by atoms with Gasteiger partial charge < -0.3 is 59.4 Å². The van der Waals surface area contributed by atoms with Crippen LogP contribution in [0.5, 0.6) is 0 Å². The van der Waals surface area contributed by atoms with Crippen LogP contribution in [0.1, 0.15) is 17.4 Å². The lowest BCUT2D eigenvalue weighted by molar-refractivity contribution is -0.0777. The summed E-state index contributed by atoms with van der Waals surface area (Å²) in [4.78, 5) is 67.2. The number of H-pyrrole nitrogens is 1.